The van der Waals surface area contributed by atoms with Gasteiger partial charge in [0.15, 0.2) is 0 Å². The van der Waals surface area contributed by atoms with Gasteiger partial charge in [-0.3, -0.25) is 9.17 Å². The van der Waals surface area contributed by atoms with E-state index in [4.69, 9.17) is 27.2 Å². The molecule has 0 amide bonds. The van der Waals surface area contributed by atoms with Gasteiger partial charge in [0.2, 0.25) is 5.95 Å². The number of unbranched alkanes of at least 4 members (excludes halogenated alkanes) is 1. The van der Waals surface area contributed by atoms with Crippen LogP contribution in [0, 0.1) is 25.7 Å². The van der Waals surface area contributed by atoms with E-state index in [-0.39, 0.29) is 17.7 Å². The molecule has 0 radical (unpaired) electrons. The predicted octanol–water partition coefficient (Wildman–Crippen LogP) is 2.09. The zero-order valence-corrected chi connectivity index (χ0v) is 19.4. The van der Waals surface area contributed by atoms with Crippen LogP contribution in [-0.4, -0.2) is 41.7 Å². The number of nitrogen functional groups attached to an aromatic ring is 1. The fourth-order valence-corrected chi connectivity index (χ4v) is 3.88. The molecule has 0 bridgehead atoms. The highest BCUT2D eigenvalue weighted by molar-refractivity contribution is 7.84. The number of nitrogens with two attached hydrogens (primary N) is 2. The average Bonchev–Trinajstić information content (AvgIpc) is 3.04. The Balaban J connectivity index is 1.93. The van der Waals surface area contributed by atoms with Crippen molar-refractivity contribution in [1.29, 1.82) is 0 Å². The quantitative estimate of drug-likeness (QED) is 0.298. The topological polar surface area (TPSA) is 148 Å². The number of hydrogen-bond acceptors (Lipinski definition) is 8. The highest BCUT2D eigenvalue weighted by Gasteiger charge is 2.17. The van der Waals surface area contributed by atoms with Gasteiger partial charge in [0.1, 0.15) is 16.5 Å². The minimum Gasteiger partial charge on any atom is -0.496 e. The zero-order chi connectivity index (χ0) is 23.5. The van der Waals surface area contributed by atoms with E-state index >= 15 is 0 Å². The minimum atomic E-state index is -3.95. The molecule has 0 aliphatic heterocycles. The Morgan fingerprint density at radius 1 is 1.28 bits per heavy atom. The lowest BCUT2D eigenvalue weighted by molar-refractivity contribution is 0.314. The molecular weight excluding hydrogens is 456 g/mol. The van der Waals surface area contributed by atoms with Crippen LogP contribution in [0.25, 0.3) is 11.0 Å². The first-order chi connectivity index (χ1) is 15.1. The molecule has 0 saturated heterocycles. The Bertz CT molecular complexity index is 1330. The maximum Gasteiger partial charge on any atom is 0.333 e. The van der Waals surface area contributed by atoms with Crippen LogP contribution in [0.15, 0.2) is 12.4 Å². The Morgan fingerprint density at radius 2 is 2.03 bits per heavy atom. The Hall–Kier alpha value is -2.91. The second kappa shape index (κ2) is 9.70. The summed E-state index contributed by atoms with van der Waals surface area (Å²) in [6.45, 7) is 4.23. The molecule has 0 saturated carbocycles. The number of ether oxygens (including phenoxy) is 1. The van der Waals surface area contributed by atoms with E-state index in [2.05, 4.69) is 31.0 Å². The second-order valence-corrected chi connectivity index (χ2v) is 8.59. The molecule has 0 aromatic carbocycles. The summed E-state index contributed by atoms with van der Waals surface area (Å²) in [4.78, 5) is 12.9. The fraction of sp³-hybridized carbons (Fsp3) is 0.350. The molecule has 0 fully saturated rings. The normalized spacial score (nSPS) is 11.4. The molecule has 32 heavy (non-hydrogen) atoms. The van der Waals surface area contributed by atoms with Gasteiger partial charge in [-0.1, -0.05) is 23.4 Å². The van der Waals surface area contributed by atoms with Crippen LogP contribution in [0.3, 0.4) is 0 Å². The first-order valence-corrected chi connectivity index (χ1v) is 11.4. The summed E-state index contributed by atoms with van der Waals surface area (Å²) in [5, 5.41) is 5.56. The van der Waals surface area contributed by atoms with Crippen molar-refractivity contribution in [2.45, 2.75) is 33.2 Å². The number of hydrogen-bond donors (Lipinski definition) is 2. The molecule has 0 aliphatic rings. The Labute approximate surface area is 191 Å². The van der Waals surface area contributed by atoms with Gasteiger partial charge in [0.05, 0.1) is 36.9 Å². The lowest BCUT2D eigenvalue weighted by atomic mass is 10.1. The summed E-state index contributed by atoms with van der Waals surface area (Å²) in [6, 6.07) is 0. The van der Waals surface area contributed by atoms with Gasteiger partial charge in [-0.25, -0.2) is 10.1 Å². The number of halogens is 1. The number of fused-ring (bicyclic) bond motifs is 1. The molecule has 3 rings (SSSR count). The van der Waals surface area contributed by atoms with Crippen LogP contribution in [0.5, 0.6) is 5.75 Å². The first-order valence-electron chi connectivity index (χ1n) is 9.57. The number of nitrogens with zero attached hydrogens (tertiary/aromatic N) is 4. The molecular formula is C20H23ClN6O4S. The zero-order valence-electron chi connectivity index (χ0n) is 17.8. The van der Waals surface area contributed by atoms with Crippen LogP contribution in [0.2, 0.25) is 5.15 Å². The first kappa shape index (κ1) is 23.7. The van der Waals surface area contributed by atoms with Crippen molar-refractivity contribution in [2.24, 2.45) is 5.14 Å². The van der Waals surface area contributed by atoms with Gasteiger partial charge < -0.3 is 15.0 Å². The van der Waals surface area contributed by atoms with Gasteiger partial charge in [-0.15, -0.1) is 0 Å². The van der Waals surface area contributed by atoms with Crippen LogP contribution in [0.1, 0.15) is 35.2 Å². The lowest BCUT2D eigenvalue weighted by Crippen LogP contribution is -2.16. The predicted molar refractivity (Wildman–Crippen MR) is 121 cm³/mol. The third kappa shape index (κ3) is 5.46. The van der Waals surface area contributed by atoms with E-state index < -0.39 is 10.3 Å². The number of aromatic nitrogens is 4. The largest absolute Gasteiger partial charge is 0.496 e. The second-order valence-electron chi connectivity index (χ2n) is 7.01. The SMILES string of the molecule is COc1c(C)cnc(Cn2cc(C#CCCCOS(N)(=O)=O)c3c(Cl)nc(N)nc32)c1C. The molecule has 0 aliphatic carbocycles. The van der Waals surface area contributed by atoms with Crippen molar-refractivity contribution in [3.05, 3.63) is 39.9 Å². The highest BCUT2D eigenvalue weighted by Crippen LogP contribution is 2.29. The van der Waals surface area contributed by atoms with Crippen LogP contribution in [0.4, 0.5) is 5.95 Å². The van der Waals surface area contributed by atoms with Gasteiger partial charge in [-0.2, -0.15) is 13.4 Å². The highest BCUT2D eigenvalue weighted by atomic mass is 35.5. The summed E-state index contributed by atoms with van der Waals surface area (Å²) < 4.78 is 33.4. The molecule has 3 aromatic rings. The van der Waals surface area contributed by atoms with Gasteiger partial charge in [-0.05, 0) is 20.3 Å². The third-order valence-electron chi connectivity index (χ3n) is 4.68. The number of rotatable bonds is 7. The van der Waals surface area contributed by atoms with Crippen molar-refractivity contribution in [3.8, 4) is 17.6 Å². The summed E-state index contributed by atoms with van der Waals surface area (Å²) in [5.74, 6) is 6.84. The molecule has 0 spiro atoms. The molecule has 4 N–H and O–H groups in total. The molecule has 0 unspecified atom stereocenters. The Kier molecular flexibility index (Phi) is 7.20. The van der Waals surface area contributed by atoms with E-state index in [9.17, 15) is 8.42 Å². The van der Waals surface area contributed by atoms with Crippen LogP contribution >= 0.6 is 11.6 Å². The van der Waals surface area contributed by atoms with Crippen molar-refractivity contribution in [1.82, 2.24) is 19.5 Å². The summed E-state index contributed by atoms with van der Waals surface area (Å²) >= 11 is 6.35. The van der Waals surface area contributed by atoms with Crippen molar-refractivity contribution in [2.75, 3.05) is 19.5 Å². The van der Waals surface area contributed by atoms with Crippen molar-refractivity contribution in [3.63, 3.8) is 0 Å². The standard InChI is InChI=1S/C20H23ClN6O4S/c1-12-9-24-15(13(2)17(12)30-3)11-27-10-14(7-5-4-6-8-31-32(23,28)29)16-18(21)25-20(22)26-19(16)27/h9-10H,4,6,8,11H2,1-3H3,(H2,22,25,26)(H2,23,28,29). The van der Waals surface area contributed by atoms with Crippen LogP contribution in [-0.2, 0) is 21.0 Å². The van der Waals surface area contributed by atoms with E-state index in [1.54, 1.807) is 13.3 Å². The minimum absolute atomic E-state index is 0.0458. The maximum atomic E-state index is 10.8. The van der Waals surface area contributed by atoms with E-state index in [1.165, 1.54) is 0 Å². The monoisotopic (exact) mass is 478 g/mol. The van der Waals surface area contributed by atoms with E-state index in [0.717, 1.165) is 22.6 Å². The van der Waals surface area contributed by atoms with Crippen molar-refractivity contribution < 1.29 is 17.3 Å². The summed E-state index contributed by atoms with van der Waals surface area (Å²) in [6.07, 6.45) is 4.36. The molecule has 10 nitrogen and oxygen atoms in total. The molecule has 3 aromatic heterocycles. The third-order valence-corrected chi connectivity index (χ3v) is 5.44. The molecule has 0 atom stereocenters. The number of pyridine rings is 1. The van der Waals surface area contributed by atoms with E-state index in [0.29, 0.717) is 36.0 Å². The summed E-state index contributed by atoms with van der Waals surface area (Å²) in [7, 11) is -2.33. The summed E-state index contributed by atoms with van der Waals surface area (Å²) in [5.41, 5.74) is 9.64. The number of methoxy groups -OCH3 is 1. The lowest BCUT2D eigenvalue weighted by Gasteiger charge is -2.13. The maximum absolute atomic E-state index is 10.8. The average molecular weight is 479 g/mol. The molecule has 170 valence electrons. The fourth-order valence-electron chi connectivity index (χ4n) is 3.26. The van der Waals surface area contributed by atoms with Crippen molar-refractivity contribution >= 4 is 38.9 Å². The Morgan fingerprint density at radius 3 is 2.72 bits per heavy atom. The van der Waals surface area contributed by atoms with E-state index in [1.807, 2.05) is 24.6 Å². The van der Waals surface area contributed by atoms with Gasteiger partial charge in [0.25, 0.3) is 0 Å². The number of aryl methyl sites for hydroxylation is 1. The molecule has 3 heterocycles. The molecule has 12 heteroatoms. The van der Waals surface area contributed by atoms with Crippen LogP contribution < -0.4 is 15.6 Å². The smallest absolute Gasteiger partial charge is 0.333 e. The van der Waals surface area contributed by atoms with Gasteiger partial charge >= 0.3 is 10.3 Å². The number of anilines is 1. The van der Waals surface area contributed by atoms with Gasteiger partial charge in [0, 0.05) is 29.9 Å².